The minimum absolute atomic E-state index is 0.144. The normalized spacial score (nSPS) is 17.0. The summed E-state index contributed by atoms with van der Waals surface area (Å²) >= 11 is 0. The second-order valence-electron chi connectivity index (χ2n) is 6.01. The largest absolute Gasteiger partial charge is 0.489 e. The van der Waals surface area contributed by atoms with Crippen molar-refractivity contribution >= 4 is 11.4 Å². The minimum atomic E-state index is 0.144. The second-order valence-corrected chi connectivity index (χ2v) is 6.01. The molecule has 1 aliphatic heterocycles. The Balaban J connectivity index is 2.06. The summed E-state index contributed by atoms with van der Waals surface area (Å²) < 4.78 is 5.77. The molecule has 0 spiro atoms. The van der Waals surface area contributed by atoms with Gasteiger partial charge in [0.2, 0.25) is 0 Å². The highest BCUT2D eigenvalue weighted by molar-refractivity contribution is 5.62. The van der Waals surface area contributed by atoms with Gasteiger partial charge in [-0.3, -0.25) is 4.90 Å². The van der Waals surface area contributed by atoms with Crippen LogP contribution in [0.5, 0.6) is 5.75 Å². The third kappa shape index (κ3) is 3.57. The van der Waals surface area contributed by atoms with Crippen molar-refractivity contribution in [3.63, 3.8) is 0 Å². The van der Waals surface area contributed by atoms with E-state index in [4.69, 9.17) is 10.5 Å². The molecule has 2 rings (SSSR count). The molecule has 4 heteroatoms. The van der Waals surface area contributed by atoms with Crippen LogP contribution < -0.4 is 15.4 Å². The van der Waals surface area contributed by atoms with Crippen molar-refractivity contribution < 1.29 is 4.74 Å². The fourth-order valence-corrected chi connectivity index (χ4v) is 2.57. The van der Waals surface area contributed by atoms with E-state index in [0.717, 1.165) is 31.9 Å². The Labute approximate surface area is 122 Å². The van der Waals surface area contributed by atoms with Crippen LogP contribution >= 0.6 is 0 Å². The lowest BCUT2D eigenvalue weighted by atomic mass is 10.2. The van der Waals surface area contributed by atoms with Crippen LogP contribution in [0.1, 0.15) is 27.7 Å². The molecule has 0 unspecified atom stereocenters. The van der Waals surface area contributed by atoms with Gasteiger partial charge in [0, 0.05) is 44.0 Å². The van der Waals surface area contributed by atoms with Crippen molar-refractivity contribution in [2.45, 2.75) is 39.8 Å². The number of rotatable bonds is 4. The van der Waals surface area contributed by atoms with Crippen molar-refractivity contribution in [1.29, 1.82) is 0 Å². The number of piperazine rings is 1. The molecule has 1 aliphatic rings. The number of ether oxygens (including phenoxy) is 1. The van der Waals surface area contributed by atoms with Crippen LogP contribution in [0.25, 0.3) is 0 Å². The standard InChI is InChI=1S/C16H27N3O/c1-12(2)18-7-9-19(10-8-18)14-5-6-15(17)16(11-14)20-13(3)4/h5-6,11-13H,7-10,17H2,1-4H3. The summed E-state index contributed by atoms with van der Waals surface area (Å²) in [5.74, 6) is 0.795. The molecule has 20 heavy (non-hydrogen) atoms. The van der Waals surface area contributed by atoms with Crippen molar-refractivity contribution in [2.75, 3.05) is 36.8 Å². The Morgan fingerprint density at radius 1 is 1.05 bits per heavy atom. The lowest BCUT2D eigenvalue weighted by Crippen LogP contribution is -2.48. The van der Waals surface area contributed by atoms with Crippen molar-refractivity contribution in [3.8, 4) is 5.75 Å². The summed E-state index contributed by atoms with van der Waals surface area (Å²) in [5.41, 5.74) is 7.90. The summed E-state index contributed by atoms with van der Waals surface area (Å²) in [6.45, 7) is 12.9. The van der Waals surface area contributed by atoms with Crippen molar-refractivity contribution in [1.82, 2.24) is 4.90 Å². The van der Waals surface area contributed by atoms with Gasteiger partial charge < -0.3 is 15.4 Å². The molecule has 1 saturated heterocycles. The van der Waals surface area contributed by atoms with Gasteiger partial charge in [-0.2, -0.15) is 0 Å². The molecule has 1 aromatic rings. The van der Waals surface area contributed by atoms with E-state index in [1.54, 1.807) is 0 Å². The molecule has 4 nitrogen and oxygen atoms in total. The molecular weight excluding hydrogens is 250 g/mol. The number of nitrogens with two attached hydrogens (primary N) is 1. The first-order valence-corrected chi connectivity index (χ1v) is 7.52. The predicted molar refractivity (Wildman–Crippen MR) is 85.5 cm³/mol. The quantitative estimate of drug-likeness (QED) is 0.859. The van der Waals surface area contributed by atoms with E-state index in [1.165, 1.54) is 5.69 Å². The fraction of sp³-hybridized carbons (Fsp3) is 0.625. The highest BCUT2D eigenvalue weighted by Gasteiger charge is 2.19. The van der Waals surface area contributed by atoms with E-state index in [2.05, 4.69) is 35.8 Å². The number of nitrogens with zero attached hydrogens (tertiary/aromatic N) is 2. The average molecular weight is 277 g/mol. The SMILES string of the molecule is CC(C)Oc1cc(N2CCN(C(C)C)CC2)ccc1N. The van der Waals surface area contributed by atoms with Gasteiger partial charge in [-0.25, -0.2) is 0 Å². The van der Waals surface area contributed by atoms with Crippen molar-refractivity contribution in [2.24, 2.45) is 0 Å². The van der Waals surface area contributed by atoms with Crippen LogP contribution in [-0.2, 0) is 0 Å². The van der Waals surface area contributed by atoms with Crippen LogP contribution in [0, 0.1) is 0 Å². The van der Waals surface area contributed by atoms with Gasteiger partial charge in [0.05, 0.1) is 11.8 Å². The van der Waals surface area contributed by atoms with Gasteiger partial charge in [0.1, 0.15) is 5.75 Å². The lowest BCUT2D eigenvalue weighted by molar-refractivity contribution is 0.209. The van der Waals surface area contributed by atoms with E-state index in [-0.39, 0.29) is 6.10 Å². The molecule has 0 saturated carbocycles. The van der Waals surface area contributed by atoms with Crippen LogP contribution in [0.4, 0.5) is 11.4 Å². The minimum Gasteiger partial charge on any atom is -0.489 e. The van der Waals surface area contributed by atoms with Gasteiger partial charge in [0.15, 0.2) is 0 Å². The van der Waals surface area contributed by atoms with Crippen LogP contribution in [-0.4, -0.2) is 43.2 Å². The van der Waals surface area contributed by atoms with Gasteiger partial charge >= 0.3 is 0 Å². The Bertz CT molecular complexity index is 437. The van der Waals surface area contributed by atoms with Gasteiger partial charge in [0.25, 0.3) is 0 Å². The Morgan fingerprint density at radius 2 is 1.70 bits per heavy atom. The Morgan fingerprint density at radius 3 is 2.25 bits per heavy atom. The number of hydrogen-bond donors (Lipinski definition) is 1. The fourth-order valence-electron chi connectivity index (χ4n) is 2.57. The molecule has 1 aromatic carbocycles. The lowest BCUT2D eigenvalue weighted by Gasteiger charge is -2.38. The number of hydrogen-bond acceptors (Lipinski definition) is 4. The summed E-state index contributed by atoms with van der Waals surface area (Å²) in [6.07, 6.45) is 0.144. The van der Waals surface area contributed by atoms with E-state index in [0.29, 0.717) is 11.7 Å². The van der Waals surface area contributed by atoms with Gasteiger partial charge in [-0.05, 0) is 39.8 Å². The van der Waals surface area contributed by atoms with Gasteiger partial charge in [-0.15, -0.1) is 0 Å². The maximum Gasteiger partial charge on any atom is 0.144 e. The molecule has 112 valence electrons. The van der Waals surface area contributed by atoms with E-state index < -0.39 is 0 Å². The predicted octanol–water partition coefficient (Wildman–Crippen LogP) is 2.59. The zero-order valence-electron chi connectivity index (χ0n) is 13.1. The third-order valence-corrected chi connectivity index (χ3v) is 3.77. The smallest absolute Gasteiger partial charge is 0.144 e. The van der Waals surface area contributed by atoms with Crippen LogP contribution in [0.2, 0.25) is 0 Å². The molecule has 0 atom stereocenters. The molecule has 1 heterocycles. The third-order valence-electron chi connectivity index (χ3n) is 3.77. The first-order valence-electron chi connectivity index (χ1n) is 7.52. The summed E-state index contributed by atoms with van der Waals surface area (Å²) in [6, 6.07) is 6.74. The molecule has 0 aliphatic carbocycles. The first-order chi connectivity index (χ1) is 9.47. The van der Waals surface area contributed by atoms with E-state index >= 15 is 0 Å². The molecule has 1 fully saturated rings. The highest BCUT2D eigenvalue weighted by Crippen LogP contribution is 2.29. The summed E-state index contributed by atoms with van der Waals surface area (Å²) in [4.78, 5) is 4.92. The second kappa shape index (κ2) is 6.35. The first kappa shape index (κ1) is 15.0. The van der Waals surface area contributed by atoms with E-state index in [9.17, 15) is 0 Å². The molecule has 0 bridgehead atoms. The van der Waals surface area contributed by atoms with Gasteiger partial charge in [-0.1, -0.05) is 0 Å². The number of benzene rings is 1. The number of nitrogen functional groups attached to an aromatic ring is 1. The summed E-state index contributed by atoms with van der Waals surface area (Å²) in [5, 5.41) is 0. The molecule has 2 N–H and O–H groups in total. The Hall–Kier alpha value is -1.42. The molecule has 0 amide bonds. The van der Waals surface area contributed by atoms with Crippen LogP contribution in [0.3, 0.4) is 0 Å². The Kier molecular flexibility index (Phi) is 4.76. The van der Waals surface area contributed by atoms with E-state index in [1.807, 2.05) is 19.9 Å². The topological polar surface area (TPSA) is 41.7 Å². The molecule has 0 aromatic heterocycles. The summed E-state index contributed by atoms with van der Waals surface area (Å²) in [7, 11) is 0. The maximum absolute atomic E-state index is 5.98. The number of anilines is 2. The maximum atomic E-state index is 5.98. The molecular formula is C16H27N3O. The zero-order valence-corrected chi connectivity index (χ0v) is 13.1. The molecule has 0 radical (unpaired) electrons. The average Bonchev–Trinajstić information content (AvgIpc) is 2.41. The monoisotopic (exact) mass is 277 g/mol. The van der Waals surface area contributed by atoms with Crippen LogP contribution in [0.15, 0.2) is 18.2 Å². The van der Waals surface area contributed by atoms with Crippen molar-refractivity contribution in [3.05, 3.63) is 18.2 Å². The highest BCUT2D eigenvalue weighted by atomic mass is 16.5. The zero-order chi connectivity index (χ0) is 14.7.